The largest absolute Gasteiger partial charge is 0.467 e. The molecular weight excluding hydrogens is 160 g/mol. The molecule has 1 aliphatic rings. The second-order valence-corrected chi connectivity index (χ2v) is 3.13. The molecule has 0 aromatic carbocycles. The van der Waals surface area contributed by atoms with Gasteiger partial charge >= 0.3 is 5.97 Å². The van der Waals surface area contributed by atoms with Crippen molar-refractivity contribution in [3.05, 3.63) is 0 Å². The Labute approximate surface area is 71.5 Å². The molecule has 0 amide bonds. The van der Waals surface area contributed by atoms with Gasteiger partial charge in [0.05, 0.1) is 25.7 Å². The number of carbonyl (C=O) groups excluding carboxylic acids is 1. The zero-order valence-electron chi connectivity index (χ0n) is 7.37. The van der Waals surface area contributed by atoms with Crippen LogP contribution in [0, 0.1) is 5.41 Å². The van der Waals surface area contributed by atoms with Crippen molar-refractivity contribution in [2.45, 2.75) is 19.4 Å². The second kappa shape index (κ2) is 3.41. The number of hydrogen-bond donors (Lipinski definition) is 1. The van der Waals surface area contributed by atoms with Gasteiger partial charge in [-0.3, -0.25) is 0 Å². The molecule has 1 atom stereocenters. The summed E-state index contributed by atoms with van der Waals surface area (Å²) in [6.45, 7) is 2.81. The zero-order valence-corrected chi connectivity index (χ0v) is 7.37. The van der Waals surface area contributed by atoms with Gasteiger partial charge in [0.25, 0.3) is 0 Å². The monoisotopic (exact) mass is 174 g/mol. The highest BCUT2D eigenvalue weighted by Crippen LogP contribution is 2.35. The Morgan fingerprint density at radius 3 is 2.58 bits per heavy atom. The summed E-state index contributed by atoms with van der Waals surface area (Å²) < 4.78 is 9.43. The van der Waals surface area contributed by atoms with E-state index in [2.05, 4.69) is 4.74 Å². The summed E-state index contributed by atoms with van der Waals surface area (Å²) in [5, 5.41) is 9.53. The number of esters is 1. The fraction of sp³-hybridized carbons (Fsp3) is 0.875. The molecule has 12 heavy (non-hydrogen) atoms. The van der Waals surface area contributed by atoms with Gasteiger partial charge in [-0.05, 0) is 6.42 Å². The normalized spacial score (nSPS) is 22.6. The lowest BCUT2D eigenvalue weighted by Gasteiger charge is -2.42. The number of ether oxygens (including phenoxy) is 2. The van der Waals surface area contributed by atoms with Crippen molar-refractivity contribution >= 4 is 5.97 Å². The summed E-state index contributed by atoms with van der Waals surface area (Å²) in [6.07, 6.45) is -0.315. The minimum absolute atomic E-state index is 0.396. The van der Waals surface area contributed by atoms with Gasteiger partial charge in [0.1, 0.15) is 0 Å². The number of aliphatic hydroxyl groups is 1. The third-order valence-corrected chi connectivity index (χ3v) is 2.49. The van der Waals surface area contributed by atoms with Crippen molar-refractivity contribution in [3.63, 3.8) is 0 Å². The van der Waals surface area contributed by atoms with E-state index in [1.54, 1.807) is 0 Å². The Morgan fingerprint density at radius 2 is 2.33 bits per heavy atom. The van der Waals surface area contributed by atoms with Crippen molar-refractivity contribution < 1.29 is 19.4 Å². The lowest BCUT2D eigenvalue weighted by molar-refractivity contribution is -0.195. The smallest absolute Gasteiger partial charge is 0.335 e. The van der Waals surface area contributed by atoms with Crippen LogP contribution in [0.4, 0.5) is 0 Å². The molecule has 0 saturated carbocycles. The van der Waals surface area contributed by atoms with E-state index in [9.17, 15) is 9.90 Å². The Kier molecular flexibility index (Phi) is 2.69. The van der Waals surface area contributed by atoms with Crippen molar-refractivity contribution in [2.75, 3.05) is 20.3 Å². The summed E-state index contributed by atoms with van der Waals surface area (Å²) >= 11 is 0. The third-order valence-electron chi connectivity index (χ3n) is 2.49. The summed E-state index contributed by atoms with van der Waals surface area (Å²) in [6, 6.07) is 0. The van der Waals surface area contributed by atoms with E-state index in [-0.39, 0.29) is 0 Å². The topological polar surface area (TPSA) is 55.8 Å². The molecule has 0 bridgehead atoms. The van der Waals surface area contributed by atoms with Crippen LogP contribution in [0.1, 0.15) is 13.3 Å². The predicted octanol–water partition coefficient (Wildman–Crippen LogP) is -0.0531. The molecule has 4 nitrogen and oxygen atoms in total. The van der Waals surface area contributed by atoms with Crippen LogP contribution in [0.25, 0.3) is 0 Å². The van der Waals surface area contributed by atoms with Crippen LogP contribution in [0.3, 0.4) is 0 Å². The molecule has 0 aromatic rings. The van der Waals surface area contributed by atoms with E-state index in [4.69, 9.17) is 4.74 Å². The molecule has 1 unspecified atom stereocenters. The van der Waals surface area contributed by atoms with Crippen LogP contribution in [0.15, 0.2) is 0 Å². The second-order valence-electron chi connectivity index (χ2n) is 3.13. The van der Waals surface area contributed by atoms with Gasteiger partial charge in [0, 0.05) is 0 Å². The Balaban J connectivity index is 2.59. The van der Waals surface area contributed by atoms with Gasteiger partial charge in [-0.25, -0.2) is 4.79 Å². The van der Waals surface area contributed by atoms with E-state index >= 15 is 0 Å². The molecule has 0 aliphatic carbocycles. The van der Waals surface area contributed by atoms with Gasteiger partial charge in [-0.1, -0.05) is 6.92 Å². The van der Waals surface area contributed by atoms with E-state index < -0.39 is 17.5 Å². The quantitative estimate of drug-likeness (QED) is 0.609. The lowest BCUT2D eigenvalue weighted by Crippen LogP contribution is -2.54. The summed E-state index contributed by atoms with van der Waals surface area (Å²) in [5.74, 6) is -0.569. The highest BCUT2D eigenvalue weighted by molar-refractivity contribution is 5.75. The number of aliphatic hydroxyl groups excluding tert-OH is 1. The number of hydrogen-bond acceptors (Lipinski definition) is 4. The Hall–Kier alpha value is -0.610. The molecular formula is C8H14O4. The number of methoxy groups -OCH3 is 1. The van der Waals surface area contributed by atoms with Crippen molar-refractivity contribution in [3.8, 4) is 0 Å². The first kappa shape index (κ1) is 9.48. The first-order chi connectivity index (χ1) is 5.66. The summed E-state index contributed by atoms with van der Waals surface area (Å²) in [4.78, 5) is 11.0. The van der Waals surface area contributed by atoms with Gasteiger partial charge in [-0.15, -0.1) is 0 Å². The molecule has 0 radical (unpaired) electrons. The average Bonchev–Trinajstić information content (AvgIpc) is 2.02. The lowest BCUT2D eigenvalue weighted by atomic mass is 9.77. The van der Waals surface area contributed by atoms with Gasteiger partial charge in [0.15, 0.2) is 6.10 Å². The van der Waals surface area contributed by atoms with E-state index in [1.807, 2.05) is 6.92 Å². The van der Waals surface area contributed by atoms with E-state index in [0.29, 0.717) is 13.2 Å². The number of carbonyl (C=O) groups is 1. The van der Waals surface area contributed by atoms with Crippen LogP contribution < -0.4 is 0 Å². The maximum Gasteiger partial charge on any atom is 0.335 e. The Bertz CT molecular complexity index is 168. The molecule has 0 aromatic heterocycles. The van der Waals surface area contributed by atoms with Crippen LogP contribution in [0.2, 0.25) is 0 Å². The minimum atomic E-state index is -1.04. The highest BCUT2D eigenvalue weighted by atomic mass is 16.5. The molecule has 70 valence electrons. The molecule has 1 saturated heterocycles. The van der Waals surface area contributed by atoms with Crippen molar-refractivity contribution in [1.29, 1.82) is 0 Å². The molecule has 1 N–H and O–H groups in total. The summed E-state index contributed by atoms with van der Waals surface area (Å²) in [5.41, 5.74) is -0.396. The fourth-order valence-corrected chi connectivity index (χ4v) is 1.28. The number of rotatable bonds is 3. The first-order valence-corrected chi connectivity index (χ1v) is 4.00. The zero-order chi connectivity index (χ0) is 9.19. The minimum Gasteiger partial charge on any atom is -0.467 e. The summed E-state index contributed by atoms with van der Waals surface area (Å²) in [7, 11) is 1.27. The molecule has 1 heterocycles. The first-order valence-electron chi connectivity index (χ1n) is 4.00. The van der Waals surface area contributed by atoms with Gasteiger partial charge in [-0.2, -0.15) is 0 Å². The maximum absolute atomic E-state index is 11.0. The van der Waals surface area contributed by atoms with Gasteiger partial charge in [0.2, 0.25) is 0 Å². The standard InChI is InChI=1S/C8H14O4/c1-3-8(4-12-5-8)6(9)7(10)11-2/h6,9H,3-5H2,1-2H3. The predicted molar refractivity (Wildman–Crippen MR) is 41.6 cm³/mol. The molecule has 1 rings (SSSR count). The van der Waals surface area contributed by atoms with Crippen molar-refractivity contribution in [2.24, 2.45) is 5.41 Å². The third kappa shape index (κ3) is 1.32. The van der Waals surface area contributed by atoms with Crippen molar-refractivity contribution in [1.82, 2.24) is 0 Å². The average molecular weight is 174 g/mol. The molecule has 0 spiro atoms. The van der Waals surface area contributed by atoms with Crippen LogP contribution in [-0.2, 0) is 14.3 Å². The van der Waals surface area contributed by atoms with E-state index in [1.165, 1.54) is 7.11 Å². The fourth-order valence-electron chi connectivity index (χ4n) is 1.28. The SMILES string of the molecule is CCC1(C(O)C(=O)OC)COC1. The van der Waals surface area contributed by atoms with Crippen LogP contribution in [-0.4, -0.2) is 37.5 Å². The molecule has 4 heteroatoms. The highest BCUT2D eigenvalue weighted by Gasteiger charge is 2.47. The molecule has 1 aliphatic heterocycles. The molecule has 1 fully saturated rings. The maximum atomic E-state index is 11.0. The van der Waals surface area contributed by atoms with E-state index in [0.717, 1.165) is 6.42 Å². The van der Waals surface area contributed by atoms with Crippen LogP contribution >= 0.6 is 0 Å². The van der Waals surface area contributed by atoms with Gasteiger partial charge < -0.3 is 14.6 Å². The van der Waals surface area contributed by atoms with Crippen LogP contribution in [0.5, 0.6) is 0 Å². The Morgan fingerprint density at radius 1 is 1.75 bits per heavy atom.